The van der Waals surface area contributed by atoms with Gasteiger partial charge in [0.2, 0.25) is 0 Å². The standard InChI is InChI=1S/C14H28N2/c1-12(10-15-14-7-8-14)11-16-9-5-3-4-6-13(16)2/h12-15H,3-11H2,1-2H3. The highest BCUT2D eigenvalue weighted by molar-refractivity contribution is 4.82. The van der Waals surface area contributed by atoms with Gasteiger partial charge in [0.1, 0.15) is 0 Å². The average molecular weight is 224 g/mol. The molecule has 2 heteroatoms. The van der Waals surface area contributed by atoms with Crippen LogP contribution in [0.15, 0.2) is 0 Å². The van der Waals surface area contributed by atoms with E-state index in [9.17, 15) is 0 Å². The molecule has 0 bridgehead atoms. The van der Waals surface area contributed by atoms with Crippen LogP contribution < -0.4 is 5.32 Å². The van der Waals surface area contributed by atoms with Crippen molar-refractivity contribution in [2.24, 2.45) is 5.92 Å². The monoisotopic (exact) mass is 224 g/mol. The van der Waals surface area contributed by atoms with E-state index >= 15 is 0 Å². The molecule has 0 amide bonds. The summed E-state index contributed by atoms with van der Waals surface area (Å²) in [5.74, 6) is 0.807. The Bertz CT molecular complexity index is 201. The van der Waals surface area contributed by atoms with E-state index in [1.807, 2.05) is 0 Å². The van der Waals surface area contributed by atoms with Crippen molar-refractivity contribution in [3.05, 3.63) is 0 Å². The number of hydrogen-bond donors (Lipinski definition) is 1. The fourth-order valence-electron chi connectivity index (χ4n) is 2.73. The zero-order valence-electron chi connectivity index (χ0n) is 11.0. The van der Waals surface area contributed by atoms with Gasteiger partial charge in [-0.2, -0.15) is 0 Å². The first kappa shape index (κ1) is 12.4. The molecule has 1 aliphatic carbocycles. The van der Waals surface area contributed by atoms with Crippen LogP contribution >= 0.6 is 0 Å². The lowest BCUT2D eigenvalue weighted by Gasteiger charge is -2.29. The summed E-state index contributed by atoms with van der Waals surface area (Å²) in [5, 5.41) is 3.65. The molecule has 2 atom stereocenters. The minimum absolute atomic E-state index is 0.807. The zero-order chi connectivity index (χ0) is 11.4. The molecule has 2 nitrogen and oxygen atoms in total. The van der Waals surface area contributed by atoms with Gasteiger partial charge in [0, 0.05) is 18.6 Å². The van der Waals surface area contributed by atoms with Crippen LogP contribution in [0.5, 0.6) is 0 Å². The third-order valence-electron chi connectivity index (χ3n) is 4.07. The summed E-state index contributed by atoms with van der Waals surface area (Å²) in [6.07, 6.45) is 8.51. The van der Waals surface area contributed by atoms with Crippen LogP contribution in [0.2, 0.25) is 0 Å². The van der Waals surface area contributed by atoms with Crippen molar-refractivity contribution in [2.75, 3.05) is 19.6 Å². The van der Waals surface area contributed by atoms with Gasteiger partial charge in [-0.25, -0.2) is 0 Å². The molecule has 16 heavy (non-hydrogen) atoms. The van der Waals surface area contributed by atoms with Gasteiger partial charge < -0.3 is 10.2 Å². The summed E-state index contributed by atoms with van der Waals surface area (Å²) in [5.41, 5.74) is 0. The maximum atomic E-state index is 3.65. The quantitative estimate of drug-likeness (QED) is 0.772. The van der Waals surface area contributed by atoms with Gasteiger partial charge in [0.05, 0.1) is 0 Å². The Hall–Kier alpha value is -0.0800. The summed E-state index contributed by atoms with van der Waals surface area (Å²) in [4.78, 5) is 2.71. The van der Waals surface area contributed by atoms with Gasteiger partial charge in [-0.15, -0.1) is 0 Å². The molecule has 1 saturated carbocycles. The van der Waals surface area contributed by atoms with E-state index in [0.29, 0.717) is 0 Å². The topological polar surface area (TPSA) is 15.3 Å². The van der Waals surface area contributed by atoms with Gasteiger partial charge in [0.15, 0.2) is 0 Å². The van der Waals surface area contributed by atoms with Crippen molar-refractivity contribution < 1.29 is 0 Å². The lowest BCUT2D eigenvalue weighted by atomic mass is 10.1. The van der Waals surface area contributed by atoms with Crippen LogP contribution in [-0.2, 0) is 0 Å². The first-order chi connectivity index (χ1) is 7.75. The molecule has 2 aliphatic rings. The average Bonchev–Trinajstić information content (AvgIpc) is 3.07. The third kappa shape index (κ3) is 4.06. The van der Waals surface area contributed by atoms with Gasteiger partial charge in [-0.1, -0.05) is 19.8 Å². The lowest BCUT2D eigenvalue weighted by Crippen LogP contribution is -2.39. The van der Waals surface area contributed by atoms with Gasteiger partial charge in [-0.3, -0.25) is 0 Å². The van der Waals surface area contributed by atoms with E-state index in [1.54, 1.807) is 0 Å². The fraction of sp³-hybridized carbons (Fsp3) is 1.00. The SMILES string of the molecule is CC(CNC1CC1)CN1CCCCCC1C. The smallest absolute Gasteiger partial charge is 0.00683 e. The zero-order valence-corrected chi connectivity index (χ0v) is 11.0. The number of rotatable bonds is 5. The van der Waals surface area contributed by atoms with Crippen molar-refractivity contribution in [2.45, 2.75) is 64.5 Å². The minimum Gasteiger partial charge on any atom is -0.314 e. The summed E-state index contributed by atoms with van der Waals surface area (Å²) in [6, 6.07) is 1.68. The molecule has 2 rings (SSSR count). The molecule has 1 saturated heterocycles. The molecule has 0 aromatic rings. The van der Waals surface area contributed by atoms with Gasteiger partial charge >= 0.3 is 0 Å². The second-order valence-corrected chi connectivity index (χ2v) is 5.98. The van der Waals surface area contributed by atoms with Crippen molar-refractivity contribution in [3.63, 3.8) is 0 Å². The molecule has 1 aliphatic heterocycles. The molecule has 2 fully saturated rings. The molecule has 0 radical (unpaired) electrons. The molecule has 1 heterocycles. The maximum absolute atomic E-state index is 3.65. The van der Waals surface area contributed by atoms with Crippen molar-refractivity contribution in [1.29, 1.82) is 0 Å². The molecular formula is C14H28N2. The normalized spacial score (nSPS) is 30.0. The summed E-state index contributed by atoms with van der Waals surface area (Å²) in [7, 11) is 0. The molecule has 0 spiro atoms. The Morgan fingerprint density at radius 2 is 2.00 bits per heavy atom. The van der Waals surface area contributed by atoms with Gasteiger partial charge in [0.25, 0.3) is 0 Å². The van der Waals surface area contributed by atoms with Crippen LogP contribution in [0.3, 0.4) is 0 Å². The Labute approximate surface area is 101 Å². The first-order valence-corrected chi connectivity index (χ1v) is 7.23. The van der Waals surface area contributed by atoms with Crippen molar-refractivity contribution >= 4 is 0 Å². The van der Waals surface area contributed by atoms with Crippen LogP contribution in [0, 0.1) is 5.92 Å². The molecule has 0 aromatic heterocycles. The second-order valence-electron chi connectivity index (χ2n) is 5.98. The predicted octanol–water partition coefficient (Wildman–Crippen LogP) is 2.64. The fourth-order valence-corrected chi connectivity index (χ4v) is 2.73. The van der Waals surface area contributed by atoms with Crippen LogP contribution in [0.4, 0.5) is 0 Å². The summed E-state index contributed by atoms with van der Waals surface area (Å²) >= 11 is 0. The molecule has 0 aromatic carbocycles. The van der Waals surface area contributed by atoms with E-state index < -0.39 is 0 Å². The summed E-state index contributed by atoms with van der Waals surface area (Å²) in [6.45, 7) is 8.64. The number of nitrogens with one attached hydrogen (secondary N) is 1. The number of likely N-dealkylation sites (tertiary alicyclic amines) is 1. The highest BCUT2D eigenvalue weighted by atomic mass is 15.2. The molecule has 94 valence electrons. The van der Waals surface area contributed by atoms with Crippen LogP contribution in [0.1, 0.15) is 52.4 Å². The lowest BCUT2D eigenvalue weighted by molar-refractivity contribution is 0.184. The Morgan fingerprint density at radius 3 is 2.75 bits per heavy atom. The van der Waals surface area contributed by atoms with E-state index in [4.69, 9.17) is 0 Å². The van der Waals surface area contributed by atoms with E-state index in [1.165, 1.54) is 58.2 Å². The van der Waals surface area contributed by atoms with E-state index in [0.717, 1.165) is 18.0 Å². The van der Waals surface area contributed by atoms with Gasteiger partial charge in [-0.05, 0) is 51.6 Å². The second kappa shape index (κ2) is 6.02. The maximum Gasteiger partial charge on any atom is 0.00683 e. The van der Waals surface area contributed by atoms with E-state index in [2.05, 4.69) is 24.1 Å². The number of nitrogens with zero attached hydrogens (tertiary/aromatic N) is 1. The highest BCUT2D eigenvalue weighted by Crippen LogP contribution is 2.20. The molecule has 2 unspecified atom stereocenters. The van der Waals surface area contributed by atoms with Crippen molar-refractivity contribution in [1.82, 2.24) is 10.2 Å². The Balaban J connectivity index is 1.68. The molecule has 1 N–H and O–H groups in total. The highest BCUT2D eigenvalue weighted by Gasteiger charge is 2.22. The first-order valence-electron chi connectivity index (χ1n) is 7.23. The minimum atomic E-state index is 0.807. The van der Waals surface area contributed by atoms with Crippen LogP contribution in [-0.4, -0.2) is 36.6 Å². The van der Waals surface area contributed by atoms with E-state index in [-0.39, 0.29) is 0 Å². The van der Waals surface area contributed by atoms with Crippen LogP contribution in [0.25, 0.3) is 0 Å². The predicted molar refractivity (Wildman–Crippen MR) is 69.7 cm³/mol. The number of hydrogen-bond acceptors (Lipinski definition) is 2. The summed E-state index contributed by atoms with van der Waals surface area (Å²) < 4.78 is 0. The third-order valence-corrected chi connectivity index (χ3v) is 4.07. The molecular weight excluding hydrogens is 196 g/mol. The Morgan fingerprint density at radius 1 is 1.19 bits per heavy atom. The van der Waals surface area contributed by atoms with Crippen molar-refractivity contribution in [3.8, 4) is 0 Å². The largest absolute Gasteiger partial charge is 0.314 e. The Kier molecular flexibility index (Phi) is 4.66.